The van der Waals surface area contributed by atoms with Crippen molar-refractivity contribution in [2.24, 2.45) is 0 Å². The molecule has 0 radical (unpaired) electrons. The van der Waals surface area contributed by atoms with Crippen LogP contribution >= 0.6 is 0 Å². The van der Waals surface area contributed by atoms with Crippen LogP contribution in [0.1, 0.15) is 48.4 Å². The van der Waals surface area contributed by atoms with Crippen molar-refractivity contribution in [2.75, 3.05) is 6.54 Å². The monoisotopic (exact) mass is 427 g/mol. The van der Waals surface area contributed by atoms with Gasteiger partial charge in [0.2, 0.25) is 0 Å². The van der Waals surface area contributed by atoms with Crippen LogP contribution in [0.2, 0.25) is 0 Å². The molecule has 162 valence electrons. The largest absolute Gasteiger partial charge is 0.416 e. The number of benzene rings is 2. The summed E-state index contributed by atoms with van der Waals surface area (Å²) in [5, 5.41) is 0. The maximum absolute atomic E-state index is 13.2. The second kappa shape index (κ2) is 7.59. The Kier molecular flexibility index (Phi) is 5.37. The topological polar surface area (TPSA) is 3.24 Å². The highest BCUT2D eigenvalue weighted by molar-refractivity contribution is 5.67. The summed E-state index contributed by atoms with van der Waals surface area (Å²) >= 11 is 0. The van der Waals surface area contributed by atoms with Crippen LogP contribution in [0, 0.1) is 0 Å². The van der Waals surface area contributed by atoms with Gasteiger partial charge in [0.1, 0.15) is 0 Å². The van der Waals surface area contributed by atoms with E-state index in [4.69, 9.17) is 0 Å². The minimum Gasteiger partial charge on any atom is -0.297 e. The molecule has 2 aromatic carbocycles. The maximum atomic E-state index is 13.2. The summed E-state index contributed by atoms with van der Waals surface area (Å²) in [7, 11) is 0. The molecule has 0 N–H and O–H groups in total. The fraction of sp³-hybridized carbons (Fsp3) is 0.478. The van der Waals surface area contributed by atoms with Crippen molar-refractivity contribution >= 4 is 0 Å². The standard InChI is InChI=1S/C23H23F6N/c1-14-3-2-8-30(14)21-7-6-15-9-16(4-5-17(15)12-21)18-10-19(22(24,25)26)13-20(11-18)23(27,28)29/h4-5,9-11,13-14,21H,2-3,6-8,12H2,1H3. The van der Waals surface area contributed by atoms with E-state index in [-0.39, 0.29) is 11.6 Å². The predicted octanol–water partition coefficient (Wildman–Crippen LogP) is 6.73. The van der Waals surface area contributed by atoms with Crippen LogP contribution in [0.3, 0.4) is 0 Å². The Balaban J connectivity index is 1.66. The van der Waals surface area contributed by atoms with Crippen molar-refractivity contribution in [3.63, 3.8) is 0 Å². The molecule has 1 fully saturated rings. The normalized spacial score (nSPS) is 22.9. The first kappa shape index (κ1) is 21.2. The number of nitrogens with zero attached hydrogens (tertiary/aromatic N) is 1. The lowest BCUT2D eigenvalue weighted by Gasteiger charge is -2.35. The average Bonchev–Trinajstić information content (AvgIpc) is 3.11. The molecule has 1 aliphatic carbocycles. The molecule has 0 amide bonds. The second-order valence-electron chi connectivity index (χ2n) is 8.40. The van der Waals surface area contributed by atoms with Gasteiger partial charge in [0.05, 0.1) is 11.1 Å². The highest BCUT2D eigenvalue weighted by atomic mass is 19.4. The number of likely N-dealkylation sites (tertiary alicyclic amines) is 1. The van der Waals surface area contributed by atoms with Gasteiger partial charge in [-0.25, -0.2) is 0 Å². The lowest BCUT2D eigenvalue weighted by molar-refractivity contribution is -0.143. The van der Waals surface area contributed by atoms with Gasteiger partial charge in [-0.2, -0.15) is 26.3 Å². The minimum absolute atomic E-state index is 0.0600. The Bertz CT molecular complexity index is 898. The van der Waals surface area contributed by atoms with E-state index in [0.29, 0.717) is 17.6 Å². The number of rotatable bonds is 2. The Hall–Kier alpha value is -2.02. The molecule has 1 aliphatic heterocycles. The maximum Gasteiger partial charge on any atom is 0.416 e. The zero-order valence-corrected chi connectivity index (χ0v) is 16.6. The van der Waals surface area contributed by atoms with E-state index in [1.54, 1.807) is 12.1 Å². The zero-order valence-electron chi connectivity index (χ0n) is 16.6. The number of hydrogen-bond donors (Lipinski definition) is 0. The highest BCUT2D eigenvalue weighted by Crippen LogP contribution is 2.39. The number of aryl methyl sites for hydroxylation is 1. The van der Waals surface area contributed by atoms with Crippen LogP contribution in [0.4, 0.5) is 26.3 Å². The van der Waals surface area contributed by atoms with Gasteiger partial charge >= 0.3 is 12.4 Å². The number of hydrogen-bond acceptors (Lipinski definition) is 1. The van der Waals surface area contributed by atoms with Gasteiger partial charge in [0.25, 0.3) is 0 Å². The lowest BCUT2D eigenvalue weighted by Crippen LogP contribution is -2.41. The summed E-state index contributed by atoms with van der Waals surface area (Å²) in [4.78, 5) is 2.53. The van der Waals surface area contributed by atoms with Crippen LogP contribution < -0.4 is 0 Å². The van der Waals surface area contributed by atoms with E-state index in [1.165, 1.54) is 12.8 Å². The SMILES string of the molecule is CC1CCCN1C1CCc2cc(-c3cc(C(F)(F)F)cc(C(F)(F)F)c3)ccc2C1. The highest BCUT2D eigenvalue weighted by Gasteiger charge is 2.37. The molecule has 1 nitrogen and oxygen atoms in total. The van der Waals surface area contributed by atoms with Gasteiger partial charge in [0, 0.05) is 12.1 Å². The molecular formula is C23H23F6N. The Morgan fingerprint density at radius 3 is 2.03 bits per heavy atom. The number of halogens is 6. The van der Waals surface area contributed by atoms with Crippen LogP contribution in [0.15, 0.2) is 36.4 Å². The van der Waals surface area contributed by atoms with E-state index in [1.807, 2.05) is 6.07 Å². The molecule has 0 saturated carbocycles. The van der Waals surface area contributed by atoms with Gasteiger partial charge in [-0.1, -0.05) is 18.2 Å². The molecule has 30 heavy (non-hydrogen) atoms. The van der Waals surface area contributed by atoms with E-state index < -0.39 is 23.5 Å². The van der Waals surface area contributed by atoms with Crippen molar-refractivity contribution in [2.45, 2.75) is 63.5 Å². The summed E-state index contributed by atoms with van der Waals surface area (Å²) in [5.41, 5.74) is -0.0893. The summed E-state index contributed by atoms with van der Waals surface area (Å²) < 4.78 is 79.1. The molecule has 4 rings (SSSR count). The number of fused-ring (bicyclic) bond motifs is 1. The third-order valence-electron chi connectivity index (χ3n) is 6.40. The Morgan fingerprint density at radius 1 is 0.800 bits per heavy atom. The van der Waals surface area contributed by atoms with Crippen molar-refractivity contribution in [1.82, 2.24) is 4.90 Å². The Morgan fingerprint density at radius 2 is 1.47 bits per heavy atom. The predicted molar refractivity (Wildman–Crippen MR) is 103 cm³/mol. The van der Waals surface area contributed by atoms with Crippen molar-refractivity contribution < 1.29 is 26.3 Å². The Labute approximate surface area is 171 Å². The lowest BCUT2D eigenvalue weighted by atomic mass is 9.85. The fourth-order valence-electron chi connectivity index (χ4n) is 4.82. The van der Waals surface area contributed by atoms with E-state index >= 15 is 0 Å². The van der Waals surface area contributed by atoms with Crippen molar-refractivity contribution in [3.8, 4) is 11.1 Å². The first-order valence-corrected chi connectivity index (χ1v) is 10.2. The van der Waals surface area contributed by atoms with Crippen LogP contribution in [-0.4, -0.2) is 23.5 Å². The third-order valence-corrected chi connectivity index (χ3v) is 6.40. The molecule has 0 bridgehead atoms. The van der Waals surface area contributed by atoms with Gasteiger partial charge in [-0.15, -0.1) is 0 Å². The second-order valence-corrected chi connectivity index (χ2v) is 8.40. The molecule has 2 unspecified atom stereocenters. The first-order chi connectivity index (χ1) is 14.0. The van der Waals surface area contributed by atoms with Gasteiger partial charge in [-0.05, 0) is 86.0 Å². The molecule has 0 spiro atoms. The van der Waals surface area contributed by atoms with E-state index in [0.717, 1.165) is 49.1 Å². The summed E-state index contributed by atoms with van der Waals surface area (Å²) in [6.07, 6.45) is -4.69. The molecule has 7 heteroatoms. The van der Waals surface area contributed by atoms with Crippen LogP contribution in [0.5, 0.6) is 0 Å². The quantitative estimate of drug-likeness (QED) is 0.480. The fourth-order valence-corrected chi connectivity index (χ4v) is 4.82. The van der Waals surface area contributed by atoms with Crippen molar-refractivity contribution in [3.05, 3.63) is 58.7 Å². The molecule has 0 aromatic heterocycles. The van der Waals surface area contributed by atoms with Crippen molar-refractivity contribution in [1.29, 1.82) is 0 Å². The van der Waals surface area contributed by atoms with E-state index in [9.17, 15) is 26.3 Å². The summed E-state index contributed by atoms with van der Waals surface area (Å²) in [5.74, 6) is 0. The first-order valence-electron chi connectivity index (χ1n) is 10.2. The third kappa shape index (κ3) is 4.22. The molecule has 1 saturated heterocycles. The molecule has 2 atom stereocenters. The van der Waals surface area contributed by atoms with Gasteiger partial charge in [-0.3, -0.25) is 4.90 Å². The minimum atomic E-state index is -4.84. The van der Waals surface area contributed by atoms with Gasteiger partial charge in [0.15, 0.2) is 0 Å². The smallest absolute Gasteiger partial charge is 0.297 e. The zero-order chi connectivity index (χ0) is 21.7. The molecule has 2 aromatic rings. The average molecular weight is 427 g/mol. The van der Waals surface area contributed by atoms with Crippen LogP contribution in [0.25, 0.3) is 11.1 Å². The summed E-state index contributed by atoms with van der Waals surface area (Å²) in [6, 6.07) is 8.05. The molecule has 2 aliphatic rings. The van der Waals surface area contributed by atoms with E-state index in [2.05, 4.69) is 11.8 Å². The van der Waals surface area contributed by atoms with Crippen LogP contribution in [-0.2, 0) is 25.2 Å². The molecular weight excluding hydrogens is 404 g/mol. The number of alkyl halides is 6. The van der Waals surface area contributed by atoms with Gasteiger partial charge < -0.3 is 0 Å². The summed E-state index contributed by atoms with van der Waals surface area (Å²) in [6.45, 7) is 3.32. The molecule has 1 heterocycles.